The smallest absolute Gasteiger partial charge is 0.306 e. The summed E-state index contributed by atoms with van der Waals surface area (Å²) in [5.41, 5.74) is 0. The summed E-state index contributed by atoms with van der Waals surface area (Å²) >= 11 is 5.56. The Balaban J connectivity index is 3.20. The maximum atomic E-state index is 11.5. The molecule has 0 aliphatic heterocycles. The number of carbonyl (C=O) groups excluding carboxylic acids is 1. The van der Waals surface area contributed by atoms with Crippen LogP contribution in [0.15, 0.2) is 0 Å². The second-order valence-corrected chi connectivity index (χ2v) is 6.75. The average Bonchev–Trinajstić information content (AvgIpc) is 2.56. The third kappa shape index (κ3) is 16.4. The van der Waals surface area contributed by atoms with Gasteiger partial charge in [0, 0.05) is 6.42 Å². The highest BCUT2D eigenvalue weighted by molar-refractivity contribution is 6.18. The summed E-state index contributed by atoms with van der Waals surface area (Å²) in [4.78, 5) is 11.5. The van der Waals surface area contributed by atoms with Crippen molar-refractivity contribution in [3.8, 4) is 0 Å². The van der Waals surface area contributed by atoms with Gasteiger partial charge in [-0.25, -0.2) is 0 Å². The van der Waals surface area contributed by atoms with Crippen molar-refractivity contribution in [1.29, 1.82) is 0 Å². The van der Waals surface area contributed by atoms with E-state index in [1.54, 1.807) is 0 Å². The number of aliphatic hydroxyl groups excluding tert-OH is 1. The van der Waals surface area contributed by atoms with Crippen LogP contribution in [0.5, 0.6) is 0 Å². The first-order valence-electron chi connectivity index (χ1n) is 9.60. The van der Waals surface area contributed by atoms with Gasteiger partial charge in [0.25, 0.3) is 0 Å². The van der Waals surface area contributed by atoms with E-state index < -0.39 is 6.10 Å². The summed E-state index contributed by atoms with van der Waals surface area (Å²) in [5.74, 6) is -0.0892. The monoisotopic (exact) mass is 348 g/mol. The lowest BCUT2D eigenvalue weighted by atomic mass is 10.0. The first kappa shape index (κ1) is 22.7. The summed E-state index contributed by atoms with van der Waals surface area (Å²) < 4.78 is 5.03. The predicted octanol–water partition coefficient (Wildman–Crippen LogP) is 5.61. The van der Waals surface area contributed by atoms with Gasteiger partial charge in [0.1, 0.15) is 6.10 Å². The first-order chi connectivity index (χ1) is 11.2. The molecule has 0 aromatic heterocycles. The molecule has 0 aromatic carbocycles. The maximum Gasteiger partial charge on any atom is 0.306 e. The molecule has 0 saturated carbocycles. The average molecular weight is 349 g/mol. The van der Waals surface area contributed by atoms with E-state index in [-0.39, 0.29) is 18.5 Å². The van der Waals surface area contributed by atoms with Gasteiger partial charge in [-0.2, -0.15) is 0 Å². The van der Waals surface area contributed by atoms with E-state index in [0.29, 0.717) is 6.42 Å². The Bertz CT molecular complexity index is 255. The third-order valence-corrected chi connectivity index (χ3v) is 4.50. The minimum Gasteiger partial charge on any atom is -0.459 e. The van der Waals surface area contributed by atoms with Crippen molar-refractivity contribution in [2.24, 2.45) is 0 Å². The molecule has 1 unspecified atom stereocenters. The van der Waals surface area contributed by atoms with Crippen LogP contribution in [0.25, 0.3) is 0 Å². The fraction of sp³-hybridized carbons (Fsp3) is 0.947. The highest BCUT2D eigenvalue weighted by Gasteiger charge is 2.11. The Hall–Kier alpha value is -0.280. The third-order valence-electron chi connectivity index (χ3n) is 4.16. The lowest BCUT2D eigenvalue weighted by Crippen LogP contribution is -2.23. The normalized spacial score (nSPS) is 12.3. The molecule has 0 fully saturated rings. The van der Waals surface area contributed by atoms with E-state index in [9.17, 15) is 4.79 Å². The second-order valence-electron chi connectivity index (χ2n) is 6.44. The number of aliphatic hydroxyl groups is 1. The molecular weight excluding hydrogens is 312 g/mol. The van der Waals surface area contributed by atoms with Crippen molar-refractivity contribution in [2.75, 3.05) is 12.5 Å². The van der Waals surface area contributed by atoms with E-state index in [4.69, 9.17) is 21.4 Å². The SMILES string of the molecule is CCCCCCCCCCCCCCCC(=O)OC(CO)CCl. The molecule has 1 N–H and O–H groups in total. The maximum absolute atomic E-state index is 11.5. The molecule has 3 nitrogen and oxygen atoms in total. The fourth-order valence-electron chi connectivity index (χ4n) is 2.65. The zero-order chi connectivity index (χ0) is 17.2. The van der Waals surface area contributed by atoms with Crippen LogP contribution in [-0.4, -0.2) is 29.7 Å². The Labute approximate surface area is 148 Å². The van der Waals surface area contributed by atoms with Crippen LogP contribution in [0.3, 0.4) is 0 Å². The Morgan fingerprint density at radius 3 is 1.70 bits per heavy atom. The van der Waals surface area contributed by atoms with Crippen molar-refractivity contribution in [2.45, 2.75) is 103 Å². The van der Waals surface area contributed by atoms with Gasteiger partial charge in [-0.3, -0.25) is 4.79 Å². The van der Waals surface area contributed by atoms with Gasteiger partial charge in [-0.15, -0.1) is 11.6 Å². The van der Waals surface area contributed by atoms with E-state index >= 15 is 0 Å². The van der Waals surface area contributed by atoms with Crippen LogP contribution in [0, 0.1) is 0 Å². The van der Waals surface area contributed by atoms with Crippen molar-refractivity contribution in [3.63, 3.8) is 0 Å². The fourth-order valence-corrected chi connectivity index (χ4v) is 2.81. The molecule has 23 heavy (non-hydrogen) atoms. The van der Waals surface area contributed by atoms with Crippen LogP contribution >= 0.6 is 11.6 Å². The molecule has 0 amide bonds. The molecule has 0 radical (unpaired) electrons. The minimum absolute atomic E-state index is 0.154. The number of hydrogen-bond donors (Lipinski definition) is 1. The van der Waals surface area contributed by atoms with Gasteiger partial charge in [0.2, 0.25) is 0 Å². The highest BCUT2D eigenvalue weighted by atomic mass is 35.5. The predicted molar refractivity (Wildman–Crippen MR) is 98.0 cm³/mol. The molecule has 0 bridgehead atoms. The Morgan fingerprint density at radius 1 is 0.870 bits per heavy atom. The van der Waals surface area contributed by atoms with Crippen LogP contribution in [-0.2, 0) is 9.53 Å². The number of esters is 1. The van der Waals surface area contributed by atoms with Gasteiger partial charge < -0.3 is 9.84 Å². The number of unbranched alkanes of at least 4 members (excludes halogenated alkanes) is 12. The summed E-state index contributed by atoms with van der Waals surface area (Å²) in [5, 5.41) is 8.90. The second kappa shape index (κ2) is 18.1. The molecule has 1 atom stereocenters. The number of hydrogen-bond acceptors (Lipinski definition) is 3. The molecular formula is C19H37ClO3. The van der Waals surface area contributed by atoms with Crippen LogP contribution in [0.4, 0.5) is 0 Å². The number of carbonyl (C=O) groups is 1. The van der Waals surface area contributed by atoms with Gasteiger partial charge in [0.05, 0.1) is 12.5 Å². The molecule has 0 saturated heterocycles. The summed E-state index contributed by atoms with van der Waals surface area (Å²) in [6.07, 6.45) is 16.7. The zero-order valence-electron chi connectivity index (χ0n) is 15.0. The number of rotatable bonds is 17. The molecule has 0 aliphatic carbocycles. The number of halogens is 1. The van der Waals surface area contributed by atoms with Crippen molar-refractivity contribution >= 4 is 17.6 Å². The van der Waals surface area contributed by atoms with Crippen LogP contribution < -0.4 is 0 Å². The molecule has 0 aliphatic rings. The summed E-state index contributed by atoms with van der Waals surface area (Å²) in [7, 11) is 0. The van der Waals surface area contributed by atoms with Crippen LogP contribution in [0.2, 0.25) is 0 Å². The molecule has 0 rings (SSSR count). The molecule has 0 heterocycles. The first-order valence-corrected chi connectivity index (χ1v) is 10.1. The largest absolute Gasteiger partial charge is 0.459 e. The van der Waals surface area contributed by atoms with Crippen molar-refractivity contribution in [1.82, 2.24) is 0 Å². The molecule has 0 aromatic rings. The van der Waals surface area contributed by atoms with Crippen molar-refractivity contribution in [3.05, 3.63) is 0 Å². The van der Waals surface area contributed by atoms with Crippen molar-refractivity contribution < 1.29 is 14.6 Å². The molecule has 138 valence electrons. The van der Waals surface area contributed by atoms with Crippen LogP contribution in [0.1, 0.15) is 96.8 Å². The molecule has 4 heteroatoms. The van der Waals surface area contributed by atoms with E-state index in [2.05, 4.69) is 6.92 Å². The van der Waals surface area contributed by atoms with E-state index in [1.165, 1.54) is 70.6 Å². The minimum atomic E-state index is -0.550. The molecule has 0 spiro atoms. The standard InChI is InChI=1S/C19H37ClO3/c1-2-3-4-5-6-7-8-9-10-11-12-13-14-15-19(22)23-18(16-20)17-21/h18,21H,2-17H2,1H3. The lowest BCUT2D eigenvalue weighted by molar-refractivity contribution is -0.149. The topological polar surface area (TPSA) is 46.5 Å². The number of ether oxygens (including phenoxy) is 1. The highest BCUT2D eigenvalue weighted by Crippen LogP contribution is 2.13. The van der Waals surface area contributed by atoms with E-state index in [0.717, 1.165) is 12.8 Å². The van der Waals surface area contributed by atoms with Gasteiger partial charge in [-0.05, 0) is 6.42 Å². The van der Waals surface area contributed by atoms with Gasteiger partial charge >= 0.3 is 5.97 Å². The zero-order valence-corrected chi connectivity index (χ0v) is 15.8. The summed E-state index contributed by atoms with van der Waals surface area (Å²) in [6.45, 7) is 2.06. The number of alkyl halides is 1. The lowest BCUT2D eigenvalue weighted by Gasteiger charge is -2.12. The van der Waals surface area contributed by atoms with Gasteiger partial charge in [0.15, 0.2) is 0 Å². The Kier molecular flexibility index (Phi) is 17.8. The summed E-state index contributed by atoms with van der Waals surface area (Å²) in [6, 6.07) is 0. The van der Waals surface area contributed by atoms with E-state index in [1.807, 2.05) is 0 Å². The quantitative estimate of drug-likeness (QED) is 0.211. The van der Waals surface area contributed by atoms with Gasteiger partial charge in [-0.1, -0.05) is 84.0 Å². The Morgan fingerprint density at radius 2 is 1.30 bits per heavy atom.